The normalized spacial score (nSPS) is 15.9. The molecule has 0 N–H and O–H groups in total. The van der Waals surface area contributed by atoms with E-state index in [1.165, 1.54) is 7.05 Å². The number of hydrogen-bond acceptors (Lipinski definition) is 3. The minimum atomic E-state index is -0.400. The number of fused-ring (bicyclic) bond motifs is 3. The summed E-state index contributed by atoms with van der Waals surface area (Å²) >= 11 is 9.59. The number of nitrogens with zero attached hydrogens (tertiary/aromatic N) is 3. The van der Waals surface area contributed by atoms with E-state index in [9.17, 15) is 9.59 Å². The monoisotopic (exact) mass is 499 g/mol. The summed E-state index contributed by atoms with van der Waals surface area (Å²) in [4.78, 5) is 26.2. The molecule has 3 heterocycles. The summed E-state index contributed by atoms with van der Waals surface area (Å²) in [5, 5.41) is 1.13. The van der Waals surface area contributed by atoms with Crippen molar-refractivity contribution in [3.05, 3.63) is 90.1 Å². The minimum Gasteiger partial charge on any atom is -0.365 e. The summed E-state index contributed by atoms with van der Waals surface area (Å²) in [5.41, 5.74) is 3.33. The Labute approximate surface area is 191 Å². The molecule has 31 heavy (non-hydrogen) atoms. The van der Waals surface area contributed by atoms with Gasteiger partial charge in [0.15, 0.2) is 0 Å². The average Bonchev–Trinajstić information content (AvgIpc) is 3.13. The highest BCUT2D eigenvalue weighted by atomic mass is 79.9. The average molecular weight is 501 g/mol. The number of rotatable bonds is 2. The molecule has 1 atom stereocenters. The Morgan fingerprint density at radius 2 is 1.68 bits per heavy atom. The van der Waals surface area contributed by atoms with Crippen molar-refractivity contribution in [3.8, 4) is 11.3 Å². The lowest BCUT2D eigenvalue weighted by molar-refractivity contribution is 0.0478. The third-order valence-electron chi connectivity index (χ3n) is 5.84. The largest absolute Gasteiger partial charge is 0.365 e. The molecular formula is C23H19BrClN3O3. The van der Waals surface area contributed by atoms with E-state index < -0.39 is 6.10 Å². The Bertz CT molecular complexity index is 1430. The smallest absolute Gasteiger partial charge is 0.331 e. The third-order valence-corrected chi connectivity index (χ3v) is 6.62. The molecule has 0 radical (unpaired) electrons. The first-order valence-electron chi connectivity index (χ1n) is 9.83. The summed E-state index contributed by atoms with van der Waals surface area (Å²) in [6, 6.07) is 15.3. The third kappa shape index (κ3) is 3.11. The van der Waals surface area contributed by atoms with Crippen LogP contribution in [-0.2, 0) is 25.4 Å². The van der Waals surface area contributed by atoms with Gasteiger partial charge in [-0.2, -0.15) is 0 Å². The maximum absolute atomic E-state index is 13.3. The Hall–Kier alpha value is -2.61. The molecule has 4 aromatic rings. The van der Waals surface area contributed by atoms with E-state index in [2.05, 4.69) is 20.5 Å². The van der Waals surface area contributed by atoms with Gasteiger partial charge < -0.3 is 9.30 Å². The lowest BCUT2D eigenvalue weighted by atomic mass is 10.0. The molecule has 0 saturated carbocycles. The molecule has 6 nitrogen and oxygen atoms in total. The summed E-state index contributed by atoms with van der Waals surface area (Å²) in [6.07, 6.45) is -0.400. The fraction of sp³-hybridized carbons (Fsp3) is 0.217. The lowest BCUT2D eigenvalue weighted by Crippen LogP contribution is -2.37. The van der Waals surface area contributed by atoms with Gasteiger partial charge in [-0.05, 0) is 35.4 Å². The fourth-order valence-electron chi connectivity index (χ4n) is 4.38. The topological polar surface area (TPSA) is 58.2 Å². The molecular weight excluding hydrogens is 482 g/mol. The first kappa shape index (κ1) is 20.3. The lowest BCUT2D eigenvalue weighted by Gasteiger charge is -2.27. The number of hydrogen-bond donors (Lipinski definition) is 0. The van der Waals surface area contributed by atoms with E-state index in [1.54, 1.807) is 23.7 Å². The molecule has 0 aliphatic carbocycles. The van der Waals surface area contributed by atoms with Crippen LogP contribution in [0.25, 0.3) is 22.2 Å². The van der Waals surface area contributed by atoms with Gasteiger partial charge in [0.25, 0.3) is 5.56 Å². The van der Waals surface area contributed by atoms with Crippen LogP contribution in [0.15, 0.2) is 62.6 Å². The molecule has 0 fully saturated rings. The predicted octanol–water partition coefficient (Wildman–Crippen LogP) is 4.24. The minimum absolute atomic E-state index is 0.320. The highest BCUT2D eigenvalue weighted by Gasteiger charge is 2.33. The molecule has 1 aliphatic heterocycles. The van der Waals surface area contributed by atoms with E-state index in [-0.39, 0.29) is 11.2 Å². The number of halogens is 2. The molecule has 0 amide bonds. The first-order valence-corrected chi connectivity index (χ1v) is 11.0. The van der Waals surface area contributed by atoms with Crippen LogP contribution in [0.3, 0.4) is 0 Å². The van der Waals surface area contributed by atoms with E-state index in [4.69, 9.17) is 16.3 Å². The molecule has 2 aromatic carbocycles. The summed E-state index contributed by atoms with van der Waals surface area (Å²) in [6.45, 7) is 1.07. The molecule has 158 valence electrons. The van der Waals surface area contributed by atoms with Crippen molar-refractivity contribution in [1.29, 1.82) is 0 Å². The van der Waals surface area contributed by atoms with Gasteiger partial charge in [-0.15, -0.1) is 0 Å². The molecule has 0 spiro atoms. The van der Waals surface area contributed by atoms with Crippen molar-refractivity contribution in [2.45, 2.75) is 12.6 Å². The molecule has 8 heteroatoms. The number of aromatic nitrogens is 3. The second-order valence-electron chi connectivity index (χ2n) is 7.62. The van der Waals surface area contributed by atoms with Crippen LogP contribution in [0.5, 0.6) is 0 Å². The number of ether oxygens (including phenoxy) is 1. The second-order valence-corrected chi connectivity index (χ2v) is 8.98. The van der Waals surface area contributed by atoms with Crippen molar-refractivity contribution in [3.63, 3.8) is 0 Å². The molecule has 1 aliphatic rings. The quantitative estimate of drug-likeness (QED) is 0.414. The molecule has 0 bridgehead atoms. The highest BCUT2D eigenvalue weighted by Crippen LogP contribution is 2.40. The standard InChI is InChI=1S/C23H19BrClN3O3/c1-26-19-17(22(29)27(2)23(26)30)18(13-5-9-16(25)10-6-13)28-11-12-31-21(20(19)28)14-3-7-15(24)8-4-14/h3-10,21H,11-12H2,1-2H3/t21-/m1/s1. The maximum Gasteiger partial charge on any atom is 0.331 e. The summed E-state index contributed by atoms with van der Waals surface area (Å²) < 4.78 is 12.0. The van der Waals surface area contributed by atoms with Gasteiger partial charge >= 0.3 is 5.69 Å². The molecule has 2 aromatic heterocycles. The van der Waals surface area contributed by atoms with Gasteiger partial charge in [0.05, 0.1) is 28.9 Å². The van der Waals surface area contributed by atoms with Crippen molar-refractivity contribution >= 4 is 38.4 Å². The van der Waals surface area contributed by atoms with Crippen molar-refractivity contribution in [1.82, 2.24) is 13.7 Å². The zero-order valence-corrected chi connectivity index (χ0v) is 19.3. The van der Waals surface area contributed by atoms with E-state index >= 15 is 0 Å². The van der Waals surface area contributed by atoms with E-state index in [1.807, 2.05) is 36.4 Å². The van der Waals surface area contributed by atoms with Gasteiger partial charge in [0, 0.05) is 30.1 Å². The molecule has 0 saturated heterocycles. The summed E-state index contributed by atoms with van der Waals surface area (Å²) in [7, 11) is 3.21. The van der Waals surface area contributed by atoms with Gasteiger partial charge in [0.1, 0.15) is 6.10 Å². The van der Waals surface area contributed by atoms with Crippen LogP contribution in [0, 0.1) is 0 Å². The van der Waals surface area contributed by atoms with Crippen LogP contribution in [0.1, 0.15) is 17.4 Å². The highest BCUT2D eigenvalue weighted by molar-refractivity contribution is 9.10. The zero-order valence-electron chi connectivity index (χ0n) is 16.9. The van der Waals surface area contributed by atoms with Crippen molar-refractivity contribution in [2.75, 3.05) is 6.61 Å². The zero-order chi connectivity index (χ0) is 21.9. The summed E-state index contributed by atoms with van der Waals surface area (Å²) in [5.74, 6) is 0. The van der Waals surface area contributed by atoms with E-state index in [0.29, 0.717) is 29.1 Å². The molecule has 5 rings (SSSR count). The van der Waals surface area contributed by atoms with Crippen LogP contribution in [0.4, 0.5) is 0 Å². The van der Waals surface area contributed by atoms with Crippen LogP contribution < -0.4 is 11.2 Å². The number of aryl methyl sites for hydroxylation is 1. The maximum atomic E-state index is 13.3. The van der Waals surface area contributed by atoms with Crippen molar-refractivity contribution < 1.29 is 4.74 Å². The SMILES string of the molecule is Cn1c(=O)c2c(-c3ccc(Cl)cc3)n3c(c2n(C)c1=O)[C@@H](c1ccc(Br)cc1)OCC3. The second kappa shape index (κ2) is 7.51. The van der Waals surface area contributed by atoms with Crippen LogP contribution in [0.2, 0.25) is 5.02 Å². The van der Waals surface area contributed by atoms with Crippen LogP contribution >= 0.6 is 27.5 Å². The fourth-order valence-corrected chi connectivity index (χ4v) is 4.77. The Kier molecular flexibility index (Phi) is 4.92. The first-order chi connectivity index (χ1) is 14.9. The number of benzene rings is 2. The Morgan fingerprint density at radius 3 is 2.35 bits per heavy atom. The van der Waals surface area contributed by atoms with E-state index in [0.717, 1.165) is 31.6 Å². The van der Waals surface area contributed by atoms with Crippen molar-refractivity contribution in [2.24, 2.45) is 14.1 Å². The van der Waals surface area contributed by atoms with Gasteiger partial charge in [-0.25, -0.2) is 4.79 Å². The van der Waals surface area contributed by atoms with Gasteiger partial charge in [0.2, 0.25) is 0 Å². The van der Waals surface area contributed by atoms with Gasteiger partial charge in [-0.1, -0.05) is 51.8 Å². The Morgan fingerprint density at radius 1 is 1.00 bits per heavy atom. The molecule has 0 unspecified atom stereocenters. The Balaban J connectivity index is 1.93. The van der Waals surface area contributed by atoms with Crippen LogP contribution in [-0.4, -0.2) is 20.3 Å². The van der Waals surface area contributed by atoms with Gasteiger partial charge in [-0.3, -0.25) is 13.9 Å². The predicted molar refractivity (Wildman–Crippen MR) is 125 cm³/mol.